The summed E-state index contributed by atoms with van der Waals surface area (Å²) in [5.41, 5.74) is 1.40. The number of methoxy groups -OCH3 is 1. The average Bonchev–Trinajstić information content (AvgIpc) is 2.58. The highest BCUT2D eigenvalue weighted by Gasteiger charge is 2.31. The van der Waals surface area contributed by atoms with E-state index in [0.717, 1.165) is 16.2 Å². The zero-order valence-electron chi connectivity index (χ0n) is 12.7. The van der Waals surface area contributed by atoms with Gasteiger partial charge in [0.25, 0.3) is 5.69 Å². The van der Waals surface area contributed by atoms with Crippen LogP contribution < -0.4 is 4.74 Å². The van der Waals surface area contributed by atoms with Crippen LogP contribution in [0.4, 0.5) is 5.69 Å². The van der Waals surface area contributed by atoms with E-state index in [1.54, 1.807) is 18.1 Å². The molecule has 124 valence electrons. The van der Waals surface area contributed by atoms with Crippen molar-refractivity contribution in [3.63, 3.8) is 0 Å². The molecule has 0 amide bonds. The predicted octanol–water partition coefficient (Wildman–Crippen LogP) is 3.49. The first-order chi connectivity index (χ1) is 11.5. The van der Waals surface area contributed by atoms with Crippen LogP contribution in [0.5, 0.6) is 5.75 Å². The molecule has 1 unspecified atom stereocenters. The Morgan fingerprint density at radius 2 is 2.04 bits per heavy atom. The van der Waals surface area contributed by atoms with Crippen molar-refractivity contribution in [2.45, 2.75) is 17.7 Å². The Kier molecular flexibility index (Phi) is 4.70. The zero-order valence-corrected chi connectivity index (χ0v) is 14.3. The normalized spacial score (nSPS) is 16.7. The van der Waals surface area contributed by atoms with Crippen LogP contribution in [-0.4, -0.2) is 26.4 Å². The van der Waals surface area contributed by atoms with E-state index in [2.05, 4.69) is 0 Å². The topological polar surface area (TPSA) is 75.8 Å². The second kappa shape index (κ2) is 6.76. The summed E-state index contributed by atoms with van der Waals surface area (Å²) in [6.45, 7) is 0.402. The maximum atomic E-state index is 11.0. The number of thioether (sulfide) groups is 1. The van der Waals surface area contributed by atoms with Crippen LogP contribution in [-0.2, 0) is 6.54 Å². The van der Waals surface area contributed by atoms with Gasteiger partial charge in [0, 0.05) is 29.1 Å². The van der Waals surface area contributed by atoms with Gasteiger partial charge in [-0.15, -0.1) is 0 Å². The lowest BCUT2D eigenvalue weighted by Gasteiger charge is -2.35. The van der Waals surface area contributed by atoms with E-state index >= 15 is 0 Å². The molecule has 1 aliphatic rings. The van der Waals surface area contributed by atoms with E-state index in [0.29, 0.717) is 16.4 Å². The first-order valence-electron chi connectivity index (χ1n) is 7.07. The lowest BCUT2D eigenvalue weighted by atomic mass is 10.1. The molecule has 1 aliphatic heterocycles. The molecular formula is C16H14N2O4S2. The number of aliphatic hydroxyl groups excluding tert-OH is 1. The van der Waals surface area contributed by atoms with Crippen LogP contribution in [0.15, 0.2) is 47.4 Å². The largest absolute Gasteiger partial charge is 0.497 e. The smallest absolute Gasteiger partial charge is 0.269 e. The second-order valence-electron chi connectivity index (χ2n) is 5.20. The molecule has 6 nitrogen and oxygen atoms in total. The molecule has 1 atom stereocenters. The number of aliphatic hydroxyl groups is 1. The van der Waals surface area contributed by atoms with E-state index in [4.69, 9.17) is 17.0 Å². The van der Waals surface area contributed by atoms with Crippen LogP contribution >= 0.6 is 24.0 Å². The number of nitro groups is 1. The van der Waals surface area contributed by atoms with Crippen LogP contribution in [0.25, 0.3) is 0 Å². The third-order valence-electron chi connectivity index (χ3n) is 3.72. The number of rotatable bonds is 4. The highest BCUT2D eigenvalue weighted by atomic mass is 32.2. The fourth-order valence-corrected chi connectivity index (χ4v) is 3.77. The van der Waals surface area contributed by atoms with Crippen LogP contribution in [0, 0.1) is 10.1 Å². The number of ether oxygens (including phenoxy) is 1. The van der Waals surface area contributed by atoms with Crippen molar-refractivity contribution in [1.82, 2.24) is 4.90 Å². The summed E-state index contributed by atoms with van der Waals surface area (Å²) in [5, 5.41) is 21.6. The fourth-order valence-electron chi connectivity index (χ4n) is 2.44. The van der Waals surface area contributed by atoms with Gasteiger partial charge in [-0.2, -0.15) is 0 Å². The van der Waals surface area contributed by atoms with Gasteiger partial charge in [0.15, 0.2) is 6.23 Å². The second-order valence-corrected chi connectivity index (χ2v) is 6.87. The number of hydrogen-bond donors (Lipinski definition) is 1. The molecule has 2 aromatic carbocycles. The molecule has 1 N–H and O–H groups in total. The van der Waals surface area contributed by atoms with Gasteiger partial charge in [-0.3, -0.25) is 10.1 Å². The minimum Gasteiger partial charge on any atom is -0.497 e. The van der Waals surface area contributed by atoms with Crippen molar-refractivity contribution in [3.05, 3.63) is 63.7 Å². The minimum absolute atomic E-state index is 0.0504. The van der Waals surface area contributed by atoms with E-state index in [-0.39, 0.29) is 5.69 Å². The molecule has 3 rings (SSSR count). The third kappa shape index (κ3) is 3.21. The lowest BCUT2D eigenvalue weighted by Crippen LogP contribution is -2.34. The van der Waals surface area contributed by atoms with Crippen molar-refractivity contribution in [1.29, 1.82) is 0 Å². The van der Waals surface area contributed by atoms with E-state index in [9.17, 15) is 15.2 Å². The molecular weight excluding hydrogens is 348 g/mol. The average molecular weight is 362 g/mol. The summed E-state index contributed by atoms with van der Waals surface area (Å²) in [5.74, 6) is 0.746. The third-order valence-corrected chi connectivity index (χ3v) is 5.21. The summed E-state index contributed by atoms with van der Waals surface area (Å²) < 4.78 is 5.65. The summed E-state index contributed by atoms with van der Waals surface area (Å²) in [7, 11) is 1.60. The Hall–Kier alpha value is -2.16. The number of nitrogens with zero attached hydrogens (tertiary/aromatic N) is 2. The van der Waals surface area contributed by atoms with Crippen molar-refractivity contribution in [2.24, 2.45) is 0 Å². The number of benzene rings is 2. The standard InChI is InChI=1S/C16H14N2O4S2/c1-22-12-5-2-10(3-6-12)9-17-15(19)13-8-11(18(20)21)4-7-14(13)24-16(17)23/h2-8,15,19H,9H2,1H3. The summed E-state index contributed by atoms with van der Waals surface area (Å²) in [4.78, 5) is 12.9. The minimum atomic E-state index is -1.02. The highest BCUT2D eigenvalue weighted by molar-refractivity contribution is 8.23. The van der Waals surface area contributed by atoms with Crippen LogP contribution in [0.2, 0.25) is 0 Å². The molecule has 24 heavy (non-hydrogen) atoms. The zero-order chi connectivity index (χ0) is 17.3. The number of thiocarbonyl (C=S) groups is 1. The molecule has 0 radical (unpaired) electrons. The predicted molar refractivity (Wildman–Crippen MR) is 95.0 cm³/mol. The van der Waals surface area contributed by atoms with E-state index < -0.39 is 11.2 Å². The lowest BCUT2D eigenvalue weighted by molar-refractivity contribution is -0.385. The van der Waals surface area contributed by atoms with Crippen molar-refractivity contribution < 1.29 is 14.8 Å². The molecule has 0 bridgehead atoms. The molecule has 0 spiro atoms. The number of non-ortho nitro benzene ring substituents is 1. The van der Waals surface area contributed by atoms with Crippen molar-refractivity contribution in [2.75, 3.05) is 7.11 Å². The summed E-state index contributed by atoms with van der Waals surface area (Å²) in [6, 6.07) is 11.9. The molecule has 2 aromatic rings. The number of hydrogen-bond acceptors (Lipinski definition) is 6. The van der Waals surface area contributed by atoms with E-state index in [1.807, 2.05) is 24.3 Å². The fraction of sp³-hybridized carbons (Fsp3) is 0.188. The molecule has 0 aromatic heterocycles. The maximum absolute atomic E-state index is 11.0. The van der Waals surface area contributed by atoms with Gasteiger partial charge in [0.2, 0.25) is 0 Å². The first kappa shape index (κ1) is 16.7. The Balaban J connectivity index is 1.88. The van der Waals surface area contributed by atoms with Gasteiger partial charge in [0.05, 0.1) is 12.0 Å². The summed E-state index contributed by atoms with van der Waals surface area (Å²) in [6.07, 6.45) is -1.02. The molecule has 0 saturated carbocycles. The molecule has 0 aliphatic carbocycles. The van der Waals surface area contributed by atoms with E-state index in [1.165, 1.54) is 23.9 Å². The van der Waals surface area contributed by atoms with Crippen molar-refractivity contribution in [3.8, 4) is 5.75 Å². The Morgan fingerprint density at radius 3 is 2.67 bits per heavy atom. The van der Waals surface area contributed by atoms with Gasteiger partial charge < -0.3 is 14.7 Å². The van der Waals surface area contributed by atoms with Gasteiger partial charge in [-0.1, -0.05) is 36.1 Å². The van der Waals surface area contributed by atoms with Crippen LogP contribution in [0.1, 0.15) is 17.4 Å². The Morgan fingerprint density at radius 1 is 1.33 bits per heavy atom. The molecule has 8 heteroatoms. The van der Waals surface area contributed by atoms with Gasteiger partial charge >= 0.3 is 0 Å². The van der Waals surface area contributed by atoms with Gasteiger partial charge in [-0.05, 0) is 23.8 Å². The Bertz CT molecular complexity index is 795. The maximum Gasteiger partial charge on any atom is 0.269 e. The number of nitro benzene ring substituents is 1. The highest BCUT2D eigenvalue weighted by Crippen LogP contribution is 2.40. The Labute approximate surface area is 148 Å². The van der Waals surface area contributed by atoms with Crippen molar-refractivity contribution >= 4 is 34.0 Å². The van der Waals surface area contributed by atoms with Gasteiger partial charge in [-0.25, -0.2) is 0 Å². The summed E-state index contributed by atoms with van der Waals surface area (Å²) >= 11 is 6.70. The van der Waals surface area contributed by atoms with Crippen LogP contribution in [0.3, 0.4) is 0 Å². The van der Waals surface area contributed by atoms with Gasteiger partial charge in [0.1, 0.15) is 10.1 Å². The number of fused-ring (bicyclic) bond motifs is 1. The quantitative estimate of drug-likeness (QED) is 0.507. The SMILES string of the molecule is COc1ccc(CN2C(=S)Sc3ccc([N+](=O)[O-])cc3C2O)cc1. The molecule has 0 saturated heterocycles. The molecule has 1 heterocycles. The monoisotopic (exact) mass is 362 g/mol. The first-order valence-corrected chi connectivity index (χ1v) is 8.30. The molecule has 0 fully saturated rings.